The van der Waals surface area contributed by atoms with E-state index in [4.69, 9.17) is 58.6 Å². The molecule has 106 heavy (non-hydrogen) atoms. The number of nitrogens with zero attached hydrogens (tertiary/aromatic N) is 10. The summed E-state index contributed by atoms with van der Waals surface area (Å²) in [6.07, 6.45) is 17.8. The number of allylic oxidation sites excluding steroid dienone is 1. The number of hydrogen-bond donors (Lipinski definition) is 0. The number of hydrogen-bond acceptors (Lipinski definition) is 14. The Labute approximate surface area is 647 Å². The molecule has 4 fully saturated rings. The first-order valence-corrected chi connectivity index (χ1v) is 55.0. The van der Waals surface area contributed by atoms with Crippen LogP contribution < -0.4 is 9.80 Å². The molecule has 0 radical (unpaired) electrons. The van der Waals surface area contributed by atoms with Gasteiger partial charge in [-0.1, -0.05) is 178 Å². The van der Waals surface area contributed by atoms with Crippen molar-refractivity contribution in [2.24, 2.45) is 35.5 Å². The molecule has 8 unspecified atom stereocenters. The Balaban J connectivity index is 0.000000211. The first kappa shape index (κ1) is 82.3. The molecular formula is C85H125BrN10O6Si4. The van der Waals surface area contributed by atoms with Gasteiger partial charge in [0.05, 0.1) is 64.2 Å². The molecule has 4 aliphatic rings. The average Bonchev–Trinajstić information content (AvgIpc) is 1.50. The fraction of sp³-hybridized carbons (Fsp3) is 0.553. The van der Waals surface area contributed by atoms with E-state index in [1.165, 1.54) is 38.5 Å². The number of benzene rings is 2. The molecule has 4 saturated carbocycles. The molecule has 16 nitrogen and oxygen atoms in total. The molecule has 12 rings (SSSR count). The maximum atomic E-state index is 6.51. The van der Waals surface area contributed by atoms with E-state index in [2.05, 4.69) is 192 Å². The lowest BCUT2D eigenvalue weighted by molar-refractivity contribution is 0.0939. The molecule has 8 atom stereocenters. The molecule has 574 valence electrons. The summed E-state index contributed by atoms with van der Waals surface area (Å²) in [6.45, 7) is 53.2. The van der Waals surface area contributed by atoms with E-state index in [0.29, 0.717) is 70.3 Å². The molecule has 2 aromatic carbocycles. The molecule has 0 amide bonds. The third kappa shape index (κ3) is 22.5. The molecule has 4 aliphatic carbocycles. The van der Waals surface area contributed by atoms with Crippen LogP contribution in [0.5, 0.6) is 0 Å². The van der Waals surface area contributed by atoms with E-state index in [1.54, 1.807) is 0 Å². The summed E-state index contributed by atoms with van der Waals surface area (Å²) in [7, 11) is -5.04. The Kier molecular flexibility index (Phi) is 28.8. The molecule has 4 bridgehead atoms. The van der Waals surface area contributed by atoms with Gasteiger partial charge in [-0.3, -0.25) is 9.97 Å². The monoisotopic (exact) mass is 1570 g/mol. The predicted octanol–water partition coefficient (Wildman–Crippen LogP) is 22.2. The number of fused-ring (bicyclic) bond motifs is 6. The lowest BCUT2D eigenvalue weighted by atomic mass is 9.77. The van der Waals surface area contributed by atoms with E-state index in [9.17, 15) is 0 Å². The van der Waals surface area contributed by atoms with Gasteiger partial charge >= 0.3 is 0 Å². The third-order valence-electron chi connectivity index (χ3n) is 21.6. The summed E-state index contributed by atoms with van der Waals surface area (Å²) in [5, 5.41) is 10.1. The van der Waals surface area contributed by atoms with Crippen LogP contribution in [-0.2, 0) is 28.4 Å². The number of rotatable bonds is 33. The van der Waals surface area contributed by atoms with Gasteiger partial charge < -0.3 is 38.2 Å². The van der Waals surface area contributed by atoms with Gasteiger partial charge in [0.1, 0.15) is 38.5 Å². The minimum absolute atomic E-state index is 0.299. The quantitative estimate of drug-likeness (QED) is 0.0166. The van der Waals surface area contributed by atoms with Crippen LogP contribution in [0.4, 0.5) is 11.6 Å². The van der Waals surface area contributed by atoms with Gasteiger partial charge in [-0.15, -0.1) is 0 Å². The van der Waals surface area contributed by atoms with E-state index < -0.39 is 32.3 Å². The van der Waals surface area contributed by atoms with Crippen molar-refractivity contribution in [3.8, 4) is 44.8 Å². The molecule has 0 saturated heterocycles. The van der Waals surface area contributed by atoms with Crippen LogP contribution in [0.25, 0.3) is 61.8 Å². The second-order valence-electron chi connectivity index (χ2n) is 35.5. The highest BCUT2D eigenvalue weighted by molar-refractivity contribution is 9.10. The average molecular weight is 1580 g/mol. The van der Waals surface area contributed by atoms with Crippen molar-refractivity contribution in [2.45, 2.75) is 201 Å². The maximum Gasteiger partial charge on any atom is 0.165 e. The summed E-state index contributed by atoms with van der Waals surface area (Å²) in [5.41, 5.74) is 12.8. The Bertz CT molecular complexity index is 4090. The zero-order valence-electron chi connectivity index (χ0n) is 67.3. The maximum absolute atomic E-state index is 6.51. The summed E-state index contributed by atoms with van der Waals surface area (Å²) in [6, 6.07) is 33.5. The van der Waals surface area contributed by atoms with Crippen molar-refractivity contribution in [3.63, 3.8) is 0 Å². The van der Waals surface area contributed by atoms with Crippen molar-refractivity contribution >= 4 is 76.9 Å². The number of anilines is 2. The summed E-state index contributed by atoms with van der Waals surface area (Å²) >= 11 is 4.12. The second kappa shape index (κ2) is 37.0. The van der Waals surface area contributed by atoms with Crippen molar-refractivity contribution < 1.29 is 28.4 Å². The Morgan fingerprint density at radius 1 is 0.472 bits per heavy atom. The minimum atomic E-state index is -1.29. The summed E-state index contributed by atoms with van der Waals surface area (Å²) < 4.78 is 42.0. The topological polar surface area (TPSA) is 148 Å². The van der Waals surface area contributed by atoms with Gasteiger partial charge in [-0.2, -0.15) is 19.2 Å². The SMILES string of the molecule is C=C(C)OCC.C=C(OCC)c1c(C2CC3CC(C)C(C3)C2)nc2c(-c3ccc(-c4ccccc4)nc3)cnn2c1N(COCC[Si](C)(C)C)COCC[Si](C)(C)C.CC1CC2CC(c3nc4c(-c5ccc(-c6ccccc6)nc5)cnn4c(N(COCC[Si](C)(C)C)COCC[Si](C)(C)C)c3Br)CC1C2. The van der Waals surface area contributed by atoms with E-state index >= 15 is 0 Å². The molecule has 0 spiro atoms. The Hall–Kier alpha value is -6.15. The smallest absolute Gasteiger partial charge is 0.165 e. The van der Waals surface area contributed by atoms with Crippen LogP contribution in [0.15, 0.2) is 133 Å². The number of halogens is 1. The largest absolute Gasteiger partial charge is 0.499 e. The van der Waals surface area contributed by atoms with Crippen LogP contribution in [0.2, 0.25) is 103 Å². The number of aromatic nitrogens is 8. The van der Waals surface area contributed by atoms with Gasteiger partial charge in [0.25, 0.3) is 0 Å². The van der Waals surface area contributed by atoms with Crippen molar-refractivity contribution in [2.75, 3.05) is 76.4 Å². The first-order valence-electron chi connectivity index (χ1n) is 39.4. The highest BCUT2D eigenvalue weighted by Crippen LogP contribution is 2.54. The van der Waals surface area contributed by atoms with Gasteiger partial charge in [0.2, 0.25) is 0 Å². The molecule has 6 heterocycles. The third-order valence-corrected chi connectivity index (χ3v) is 29.1. The zero-order chi connectivity index (χ0) is 76.1. The molecular weight excluding hydrogens is 1450 g/mol. The molecule has 0 aliphatic heterocycles. The fourth-order valence-corrected chi connectivity index (χ4v) is 19.5. The summed E-state index contributed by atoms with van der Waals surface area (Å²) in [5.74, 6) is 8.48. The van der Waals surface area contributed by atoms with Crippen LogP contribution >= 0.6 is 15.9 Å². The number of ether oxygens (including phenoxy) is 6. The molecule has 8 aromatic rings. The van der Waals surface area contributed by atoms with Crippen LogP contribution in [-0.4, -0.2) is 138 Å². The van der Waals surface area contributed by atoms with Crippen LogP contribution in [0.3, 0.4) is 0 Å². The zero-order valence-corrected chi connectivity index (χ0v) is 72.9. The highest BCUT2D eigenvalue weighted by atomic mass is 79.9. The van der Waals surface area contributed by atoms with Crippen molar-refractivity contribution in [1.82, 2.24) is 39.2 Å². The van der Waals surface area contributed by atoms with Gasteiger partial charge in [0, 0.05) is 116 Å². The van der Waals surface area contributed by atoms with Gasteiger partial charge in [0.15, 0.2) is 17.1 Å². The van der Waals surface area contributed by atoms with E-state index in [-0.39, 0.29) is 0 Å². The Morgan fingerprint density at radius 3 is 1.22 bits per heavy atom. The lowest BCUT2D eigenvalue weighted by Gasteiger charge is -2.33. The molecule has 6 aromatic heterocycles. The second-order valence-corrected chi connectivity index (χ2v) is 58.7. The lowest BCUT2D eigenvalue weighted by Crippen LogP contribution is -2.34. The van der Waals surface area contributed by atoms with E-state index in [1.807, 2.05) is 78.9 Å². The molecule has 0 N–H and O–H groups in total. The Morgan fingerprint density at radius 2 is 0.858 bits per heavy atom. The van der Waals surface area contributed by atoms with Crippen LogP contribution in [0.1, 0.15) is 115 Å². The molecule has 21 heteroatoms. The van der Waals surface area contributed by atoms with E-state index in [0.717, 1.165) is 181 Å². The minimum Gasteiger partial charge on any atom is -0.499 e. The van der Waals surface area contributed by atoms with Crippen LogP contribution in [0, 0.1) is 35.5 Å². The van der Waals surface area contributed by atoms with Crippen molar-refractivity contribution in [1.29, 1.82) is 0 Å². The fourth-order valence-electron chi connectivity index (χ4n) is 15.6. The van der Waals surface area contributed by atoms with Gasteiger partial charge in [-0.25, -0.2) is 9.97 Å². The summed E-state index contributed by atoms with van der Waals surface area (Å²) in [4.78, 5) is 25.2. The first-order chi connectivity index (χ1) is 50.4. The predicted molar refractivity (Wildman–Crippen MR) is 454 cm³/mol. The number of pyridine rings is 2. The normalized spacial score (nSPS) is 20.1. The van der Waals surface area contributed by atoms with Crippen molar-refractivity contribution in [3.05, 3.63) is 150 Å². The standard InChI is InChI=1S/C42H61N5O3Si2.C38H54BrN5O2Si2.C5H10O/c1-10-50-31(3)39-40(36-24-32-22-30(2)35(23-32)25-36)45-41-37(34-16-17-38(43-26-34)33-14-12-11-13-15-33)27-44-47(41)42(39)46(28-48-18-20-51(4,5)6)29-49-19-21-52(7,8)9;1-27-19-28-20-31(27)22-32(21-28)36-35(39)38(43(25-45-15-17-47(2,3)4)26-46-16-18-48(5,6)7)44-37(42-36)33(24-41-44)30-13-14-34(40-23-30)29-11-9-8-10-12-29;1-4-6-5(2)3/h11-17,26-27,30,32,35-36H,3,10,18-25,28-29H2,1-2,4-9H3;8-14,23-24,27-28,31-32H,15-22,25-26H2,1-7H3;2,4H2,1,3H3. The van der Waals surface area contributed by atoms with Gasteiger partial charge in [-0.05, 0) is 160 Å². The highest BCUT2D eigenvalue weighted by Gasteiger charge is 2.43.